The van der Waals surface area contributed by atoms with Crippen molar-refractivity contribution in [2.45, 2.75) is 12.7 Å². The number of amides is 1. The molecule has 0 aliphatic rings. The first kappa shape index (κ1) is 18.0. The lowest BCUT2D eigenvalue weighted by atomic mass is 9.97. The fraction of sp³-hybridized carbons (Fsp3) is 0.0952. The maximum absolute atomic E-state index is 12.0. The highest BCUT2D eigenvalue weighted by atomic mass is 35.5. The highest BCUT2D eigenvalue weighted by molar-refractivity contribution is 6.30. The Morgan fingerprint density at radius 1 is 1.00 bits per heavy atom. The monoisotopic (exact) mass is 367 g/mol. The smallest absolute Gasteiger partial charge is 0.411 e. The van der Waals surface area contributed by atoms with Crippen molar-refractivity contribution in [1.82, 2.24) is 0 Å². The Morgan fingerprint density at radius 2 is 1.65 bits per heavy atom. The van der Waals surface area contributed by atoms with Gasteiger partial charge in [-0.2, -0.15) is 0 Å². The third-order valence-corrected chi connectivity index (χ3v) is 4.13. The third kappa shape index (κ3) is 4.63. The van der Waals surface area contributed by atoms with Crippen LogP contribution in [0.2, 0.25) is 5.02 Å². The second-order valence-electron chi connectivity index (χ2n) is 5.72. The van der Waals surface area contributed by atoms with E-state index in [1.807, 2.05) is 48.5 Å². The van der Waals surface area contributed by atoms with Gasteiger partial charge in [-0.05, 0) is 41.0 Å². The maximum Gasteiger partial charge on any atom is 0.411 e. The van der Waals surface area contributed by atoms with E-state index in [1.165, 1.54) is 0 Å². The summed E-state index contributed by atoms with van der Waals surface area (Å²) in [7, 11) is 0. The Hall–Kier alpha value is -2.82. The maximum atomic E-state index is 12.0. The van der Waals surface area contributed by atoms with E-state index < -0.39 is 12.2 Å². The van der Waals surface area contributed by atoms with E-state index >= 15 is 0 Å². The average Bonchev–Trinajstić information content (AvgIpc) is 2.68. The predicted molar refractivity (Wildman–Crippen MR) is 102 cm³/mol. The van der Waals surface area contributed by atoms with E-state index in [4.69, 9.17) is 16.3 Å². The zero-order valence-electron chi connectivity index (χ0n) is 13.9. The minimum Gasteiger partial charge on any atom is -0.444 e. The van der Waals surface area contributed by atoms with Crippen molar-refractivity contribution >= 4 is 23.4 Å². The first-order valence-corrected chi connectivity index (χ1v) is 8.51. The molecule has 0 aliphatic heterocycles. The summed E-state index contributed by atoms with van der Waals surface area (Å²) in [5.41, 5.74) is 2.69. The molecule has 0 radical (unpaired) electrons. The molecule has 5 heteroatoms. The Morgan fingerprint density at radius 3 is 2.35 bits per heavy atom. The van der Waals surface area contributed by atoms with Crippen LogP contribution < -0.4 is 5.32 Å². The number of hydrogen-bond donors (Lipinski definition) is 2. The third-order valence-electron chi connectivity index (χ3n) is 3.90. The molecule has 1 atom stereocenters. The van der Waals surface area contributed by atoms with Crippen molar-refractivity contribution in [2.24, 2.45) is 0 Å². The molecular formula is C21H18ClNO3. The van der Waals surface area contributed by atoms with Crippen LogP contribution in [0.4, 0.5) is 10.5 Å². The van der Waals surface area contributed by atoms with Gasteiger partial charge in [-0.3, -0.25) is 5.32 Å². The van der Waals surface area contributed by atoms with Gasteiger partial charge >= 0.3 is 6.09 Å². The van der Waals surface area contributed by atoms with Crippen molar-refractivity contribution in [3.63, 3.8) is 0 Å². The summed E-state index contributed by atoms with van der Waals surface area (Å²) in [5, 5.41) is 13.8. The molecule has 0 saturated heterocycles. The fourth-order valence-corrected chi connectivity index (χ4v) is 2.77. The van der Waals surface area contributed by atoms with Crippen LogP contribution in [0.5, 0.6) is 0 Å². The number of halogens is 1. The highest BCUT2D eigenvalue weighted by Gasteiger charge is 2.16. The summed E-state index contributed by atoms with van der Waals surface area (Å²) >= 11 is 6.09. The van der Waals surface area contributed by atoms with E-state index in [2.05, 4.69) is 5.32 Å². The van der Waals surface area contributed by atoms with E-state index in [9.17, 15) is 9.90 Å². The first-order valence-electron chi connectivity index (χ1n) is 8.13. The largest absolute Gasteiger partial charge is 0.444 e. The zero-order valence-corrected chi connectivity index (χ0v) is 14.7. The molecule has 1 amide bonds. The lowest BCUT2D eigenvalue weighted by Gasteiger charge is -2.17. The predicted octanol–water partition coefficient (Wildman–Crippen LogP) is 5.17. The molecule has 1 unspecified atom stereocenters. The summed E-state index contributed by atoms with van der Waals surface area (Å²) < 4.78 is 5.29. The SMILES string of the molecule is O=C(Nc1ccccc1)OCc1ccc(Cl)cc1C(O)c1ccccc1. The molecule has 0 aliphatic carbocycles. The van der Waals surface area contributed by atoms with Crippen LogP contribution in [0.1, 0.15) is 22.8 Å². The molecule has 3 aromatic rings. The molecule has 26 heavy (non-hydrogen) atoms. The van der Waals surface area contributed by atoms with Gasteiger partial charge in [0.1, 0.15) is 12.7 Å². The highest BCUT2D eigenvalue weighted by Crippen LogP contribution is 2.28. The number of anilines is 1. The quantitative estimate of drug-likeness (QED) is 0.654. The number of hydrogen-bond acceptors (Lipinski definition) is 3. The van der Waals surface area contributed by atoms with Gasteiger partial charge in [0.25, 0.3) is 0 Å². The number of carbonyl (C=O) groups is 1. The topological polar surface area (TPSA) is 58.6 Å². The fourth-order valence-electron chi connectivity index (χ4n) is 2.59. The molecule has 0 aromatic heterocycles. The molecule has 0 bridgehead atoms. The number of carbonyl (C=O) groups excluding carboxylic acids is 1. The number of benzene rings is 3. The van der Waals surface area contributed by atoms with Crippen molar-refractivity contribution in [1.29, 1.82) is 0 Å². The van der Waals surface area contributed by atoms with Crippen LogP contribution in [-0.4, -0.2) is 11.2 Å². The lowest BCUT2D eigenvalue weighted by molar-refractivity contribution is 0.152. The Kier molecular flexibility index (Phi) is 5.89. The van der Waals surface area contributed by atoms with Crippen LogP contribution in [0.25, 0.3) is 0 Å². The van der Waals surface area contributed by atoms with E-state index in [-0.39, 0.29) is 6.61 Å². The van der Waals surface area contributed by atoms with Crippen LogP contribution in [-0.2, 0) is 11.3 Å². The van der Waals surface area contributed by atoms with Crippen LogP contribution >= 0.6 is 11.6 Å². The molecule has 0 fully saturated rings. The van der Waals surface area contributed by atoms with Gasteiger partial charge in [0.05, 0.1) is 0 Å². The number of rotatable bonds is 5. The van der Waals surface area contributed by atoms with Crippen molar-refractivity contribution in [3.05, 3.63) is 101 Å². The normalized spacial score (nSPS) is 11.6. The zero-order chi connectivity index (χ0) is 18.4. The molecule has 132 valence electrons. The Bertz CT molecular complexity index is 869. The van der Waals surface area contributed by atoms with Gasteiger partial charge in [0.15, 0.2) is 0 Å². The van der Waals surface area contributed by atoms with E-state index in [0.717, 1.165) is 5.56 Å². The number of aliphatic hydroxyl groups excluding tert-OH is 1. The number of aliphatic hydroxyl groups is 1. The lowest BCUT2D eigenvalue weighted by Crippen LogP contribution is -2.14. The number of para-hydroxylation sites is 1. The van der Waals surface area contributed by atoms with Gasteiger partial charge in [0, 0.05) is 10.7 Å². The van der Waals surface area contributed by atoms with E-state index in [1.54, 1.807) is 30.3 Å². The molecule has 2 N–H and O–H groups in total. The summed E-state index contributed by atoms with van der Waals surface area (Å²) in [5.74, 6) is 0. The van der Waals surface area contributed by atoms with Crippen LogP contribution in [0, 0.1) is 0 Å². The van der Waals surface area contributed by atoms with Crippen LogP contribution in [0.3, 0.4) is 0 Å². The molecule has 3 aromatic carbocycles. The van der Waals surface area contributed by atoms with Crippen LogP contribution in [0.15, 0.2) is 78.9 Å². The number of ether oxygens (including phenoxy) is 1. The first-order chi connectivity index (χ1) is 12.6. The van der Waals surface area contributed by atoms with Crippen molar-refractivity contribution < 1.29 is 14.6 Å². The number of nitrogens with one attached hydrogen (secondary N) is 1. The summed E-state index contributed by atoms with van der Waals surface area (Å²) in [6, 6.07) is 23.4. The second-order valence-corrected chi connectivity index (χ2v) is 6.16. The molecule has 0 spiro atoms. The Labute approximate surface area is 157 Å². The van der Waals surface area contributed by atoms with Gasteiger partial charge in [-0.1, -0.05) is 66.2 Å². The molecule has 0 heterocycles. The molecule has 3 rings (SSSR count). The summed E-state index contributed by atoms with van der Waals surface area (Å²) in [4.78, 5) is 12.0. The van der Waals surface area contributed by atoms with Gasteiger partial charge in [-0.25, -0.2) is 4.79 Å². The molecular weight excluding hydrogens is 350 g/mol. The second kappa shape index (κ2) is 8.52. The van der Waals surface area contributed by atoms with Gasteiger partial charge in [-0.15, -0.1) is 0 Å². The molecule has 4 nitrogen and oxygen atoms in total. The Balaban J connectivity index is 1.73. The standard InChI is InChI=1S/C21H18ClNO3/c22-17-12-11-16(14-26-21(25)23-18-9-5-2-6-10-18)19(13-17)20(24)15-7-3-1-4-8-15/h1-13,20,24H,14H2,(H,23,25). The minimum absolute atomic E-state index is 0.0229. The van der Waals surface area contributed by atoms with Gasteiger partial charge in [0.2, 0.25) is 0 Å². The summed E-state index contributed by atoms with van der Waals surface area (Å²) in [6.07, 6.45) is -1.42. The van der Waals surface area contributed by atoms with Gasteiger partial charge < -0.3 is 9.84 Å². The van der Waals surface area contributed by atoms with Crippen molar-refractivity contribution in [2.75, 3.05) is 5.32 Å². The minimum atomic E-state index is -0.856. The average molecular weight is 368 g/mol. The summed E-state index contributed by atoms with van der Waals surface area (Å²) in [6.45, 7) is 0.0229. The van der Waals surface area contributed by atoms with Crippen molar-refractivity contribution in [3.8, 4) is 0 Å². The van der Waals surface area contributed by atoms with E-state index in [0.29, 0.717) is 21.8 Å². The molecule has 0 saturated carbocycles.